The first-order chi connectivity index (χ1) is 26.7. The molecule has 0 N–H and O–H groups in total. The molecule has 2 nitrogen and oxygen atoms in total. The van der Waals surface area contributed by atoms with Crippen molar-refractivity contribution in [3.05, 3.63) is 188 Å². The minimum Gasteiger partial charge on any atom is -0.309 e. The van der Waals surface area contributed by atoms with Crippen molar-refractivity contribution in [1.29, 1.82) is 0 Å². The van der Waals surface area contributed by atoms with Crippen molar-refractivity contribution in [2.24, 2.45) is 0 Å². The second-order valence-electron chi connectivity index (χ2n) is 14.2. The minimum absolute atomic E-state index is 1.17. The number of benzene rings is 8. The maximum atomic E-state index is 3.96. The van der Waals surface area contributed by atoms with Crippen LogP contribution in [0.2, 0.25) is 0 Å². The molecule has 0 spiro atoms. The van der Waals surface area contributed by atoms with Crippen LogP contribution in [0.15, 0.2) is 176 Å². The molecule has 0 atom stereocenters. The molecule has 3 heterocycles. The Morgan fingerprint density at radius 3 is 2.06 bits per heavy atom. The van der Waals surface area contributed by atoms with Crippen molar-refractivity contribution in [2.75, 3.05) is 0 Å². The summed E-state index contributed by atoms with van der Waals surface area (Å²) in [6.45, 7) is 6.15. The van der Waals surface area contributed by atoms with Crippen molar-refractivity contribution in [3.63, 3.8) is 0 Å². The van der Waals surface area contributed by atoms with Crippen LogP contribution in [0.25, 0.3) is 103 Å². The number of rotatable bonds is 5. The number of para-hydroxylation sites is 1. The summed E-state index contributed by atoms with van der Waals surface area (Å²) >= 11 is 1.88. The summed E-state index contributed by atoms with van der Waals surface area (Å²) in [6.07, 6.45) is 6.08. The van der Waals surface area contributed by atoms with Crippen LogP contribution in [0.3, 0.4) is 0 Å². The smallest absolute Gasteiger partial charge is 0.0548 e. The fourth-order valence-corrected chi connectivity index (χ4v) is 9.87. The Kier molecular flexibility index (Phi) is 6.82. The van der Waals surface area contributed by atoms with Crippen LogP contribution in [0, 0.1) is 6.92 Å². The first kappa shape index (κ1) is 30.9. The Bertz CT molecular complexity index is 3370. The minimum atomic E-state index is 1.17. The van der Waals surface area contributed by atoms with Gasteiger partial charge in [0.15, 0.2) is 0 Å². The summed E-state index contributed by atoms with van der Waals surface area (Å²) in [5.74, 6) is 0. The number of allylic oxidation sites excluding steroid dienone is 2. The number of hydrogen-bond acceptors (Lipinski definition) is 1. The highest BCUT2D eigenvalue weighted by molar-refractivity contribution is 7.26. The molecule has 0 saturated heterocycles. The number of nitrogens with zero attached hydrogens (tertiary/aromatic N) is 2. The highest BCUT2D eigenvalue weighted by Crippen LogP contribution is 2.45. The van der Waals surface area contributed by atoms with E-state index in [1.165, 1.54) is 108 Å². The molecular weight excluding hydrogens is 673 g/mol. The number of hydrogen-bond donors (Lipinski definition) is 0. The third-order valence-electron chi connectivity index (χ3n) is 11.2. The van der Waals surface area contributed by atoms with Gasteiger partial charge in [0.05, 0.1) is 27.8 Å². The third-order valence-corrected chi connectivity index (χ3v) is 12.3. The molecule has 0 unspecified atom stereocenters. The van der Waals surface area contributed by atoms with E-state index in [-0.39, 0.29) is 0 Å². The van der Waals surface area contributed by atoms with Gasteiger partial charge in [-0.15, -0.1) is 11.3 Å². The number of aromatic nitrogens is 2. The Hall–Kier alpha value is -6.68. The van der Waals surface area contributed by atoms with Gasteiger partial charge in [0.2, 0.25) is 0 Å². The molecule has 54 heavy (non-hydrogen) atoms. The summed E-state index contributed by atoms with van der Waals surface area (Å²) in [4.78, 5) is 0. The summed E-state index contributed by atoms with van der Waals surface area (Å²) in [6, 6.07) is 58.3. The highest BCUT2D eigenvalue weighted by atomic mass is 32.1. The predicted octanol–water partition coefficient (Wildman–Crippen LogP) is 14.6. The zero-order valence-corrected chi connectivity index (χ0v) is 30.6. The summed E-state index contributed by atoms with van der Waals surface area (Å²) in [5.41, 5.74) is 12.0. The van der Waals surface area contributed by atoms with Gasteiger partial charge in [-0.05, 0) is 101 Å². The zero-order valence-electron chi connectivity index (χ0n) is 29.8. The summed E-state index contributed by atoms with van der Waals surface area (Å²) < 4.78 is 7.51. The fourth-order valence-electron chi connectivity index (χ4n) is 8.75. The van der Waals surface area contributed by atoms with E-state index in [9.17, 15) is 0 Å². The molecule has 0 radical (unpaired) electrons. The van der Waals surface area contributed by atoms with Crippen LogP contribution in [0.5, 0.6) is 0 Å². The van der Waals surface area contributed by atoms with Gasteiger partial charge >= 0.3 is 0 Å². The van der Waals surface area contributed by atoms with Crippen molar-refractivity contribution in [2.45, 2.75) is 6.92 Å². The Morgan fingerprint density at radius 1 is 0.500 bits per heavy atom. The maximum Gasteiger partial charge on any atom is 0.0548 e. The van der Waals surface area contributed by atoms with Gasteiger partial charge in [0.1, 0.15) is 0 Å². The molecule has 0 aliphatic carbocycles. The first-order valence-corrected chi connectivity index (χ1v) is 19.3. The average Bonchev–Trinajstić information content (AvgIpc) is 3.87. The quantitative estimate of drug-likeness (QED) is 0.158. The monoisotopic (exact) mass is 706 g/mol. The van der Waals surface area contributed by atoms with Gasteiger partial charge in [-0.1, -0.05) is 116 Å². The maximum absolute atomic E-state index is 3.96. The lowest BCUT2D eigenvalue weighted by Crippen LogP contribution is -1.98. The molecule has 3 aromatic heterocycles. The van der Waals surface area contributed by atoms with E-state index in [2.05, 4.69) is 186 Å². The van der Waals surface area contributed by atoms with Gasteiger partial charge < -0.3 is 9.13 Å². The van der Waals surface area contributed by atoms with Crippen molar-refractivity contribution in [1.82, 2.24) is 9.13 Å². The standard InChI is InChI=1S/C51H34N2S/c1-3-4-15-38-32(2)12-11-19-43(38)53-46-26-23-36(31-42(46)50-47(53)27-28-49-51(50)40-17-8-10-20-48(40)54-49)35-22-25-45-41(30-35)39-16-7-9-18-44(39)52(45)37-24-21-33-13-5-6-14-34(33)29-37/h3-31H,1H2,2H3/b15-4-. The van der Waals surface area contributed by atoms with E-state index in [1.54, 1.807) is 0 Å². The topological polar surface area (TPSA) is 9.86 Å². The molecule has 8 aromatic carbocycles. The second kappa shape index (κ2) is 11.9. The van der Waals surface area contributed by atoms with Crippen LogP contribution in [-0.2, 0) is 0 Å². The van der Waals surface area contributed by atoms with E-state index < -0.39 is 0 Å². The third kappa shape index (κ3) is 4.52. The fraction of sp³-hybridized carbons (Fsp3) is 0.0196. The molecule has 11 rings (SSSR count). The van der Waals surface area contributed by atoms with Crippen LogP contribution in [-0.4, -0.2) is 9.13 Å². The van der Waals surface area contributed by atoms with E-state index in [0.29, 0.717) is 0 Å². The number of aryl methyl sites for hydroxylation is 1. The molecular formula is C51H34N2S. The van der Waals surface area contributed by atoms with Gasteiger partial charge in [-0.2, -0.15) is 0 Å². The predicted molar refractivity (Wildman–Crippen MR) is 235 cm³/mol. The van der Waals surface area contributed by atoms with Crippen LogP contribution >= 0.6 is 11.3 Å². The average molecular weight is 707 g/mol. The van der Waals surface area contributed by atoms with Crippen LogP contribution in [0.4, 0.5) is 0 Å². The van der Waals surface area contributed by atoms with Gasteiger partial charge in [0, 0.05) is 53.0 Å². The number of fused-ring (bicyclic) bond motifs is 11. The van der Waals surface area contributed by atoms with E-state index >= 15 is 0 Å². The van der Waals surface area contributed by atoms with Crippen LogP contribution in [0.1, 0.15) is 11.1 Å². The van der Waals surface area contributed by atoms with Crippen molar-refractivity contribution < 1.29 is 0 Å². The van der Waals surface area contributed by atoms with E-state index in [4.69, 9.17) is 0 Å². The Balaban J connectivity index is 1.18. The van der Waals surface area contributed by atoms with Gasteiger partial charge in [0.25, 0.3) is 0 Å². The van der Waals surface area contributed by atoms with Crippen molar-refractivity contribution >= 4 is 92.0 Å². The molecule has 0 aliphatic rings. The van der Waals surface area contributed by atoms with Gasteiger partial charge in [-0.25, -0.2) is 0 Å². The Morgan fingerprint density at radius 2 is 1.20 bits per heavy atom. The largest absolute Gasteiger partial charge is 0.309 e. The lowest BCUT2D eigenvalue weighted by atomic mass is 9.99. The Labute approximate surface area is 316 Å². The number of thiophene rings is 1. The van der Waals surface area contributed by atoms with Crippen LogP contribution < -0.4 is 0 Å². The molecule has 0 fully saturated rings. The molecule has 0 bridgehead atoms. The summed E-state index contributed by atoms with van der Waals surface area (Å²) in [7, 11) is 0. The second-order valence-corrected chi connectivity index (χ2v) is 15.3. The highest BCUT2D eigenvalue weighted by Gasteiger charge is 2.21. The molecule has 0 aliphatic heterocycles. The summed E-state index contributed by atoms with van der Waals surface area (Å²) in [5, 5.41) is 10.2. The molecule has 11 aromatic rings. The lowest BCUT2D eigenvalue weighted by Gasteiger charge is -2.14. The van der Waals surface area contributed by atoms with Crippen molar-refractivity contribution in [3.8, 4) is 22.5 Å². The van der Waals surface area contributed by atoms with E-state index in [0.717, 1.165) is 0 Å². The molecule has 0 amide bonds. The molecule has 254 valence electrons. The SMILES string of the molecule is C=C/C=C\c1c(C)cccc1-n1c2ccc(-c3ccc4c(c3)c3ccccc3n4-c3ccc4ccccc4c3)cc2c2c3c(ccc21)sc1ccccc13. The zero-order chi connectivity index (χ0) is 35.9. The van der Waals surface area contributed by atoms with Gasteiger partial charge in [-0.3, -0.25) is 0 Å². The molecule has 3 heteroatoms. The normalized spacial score (nSPS) is 12.2. The molecule has 0 saturated carbocycles. The lowest BCUT2D eigenvalue weighted by molar-refractivity contribution is 1.16. The first-order valence-electron chi connectivity index (χ1n) is 18.5. The van der Waals surface area contributed by atoms with E-state index in [1.807, 2.05) is 23.5 Å².